The van der Waals surface area contributed by atoms with Gasteiger partial charge in [-0.1, -0.05) is 0 Å². The molecule has 0 saturated carbocycles. The molecule has 15 heavy (non-hydrogen) atoms. The molecule has 1 fully saturated rings. The summed E-state index contributed by atoms with van der Waals surface area (Å²) in [6, 6.07) is 0. The van der Waals surface area contributed by atoms with Crippen LogP contribution in [0.1, 0.15) is 11.9 Å². The summed E-state index contributed by atoms with van der Waals surface area (Å²) in [5.41, 5.74) is 0. The van der Waals surface area contributed by atoms with Gasteiger partial charge in [-0.15, -0.1) is 0 Å². The van der Waals surface area contributed by atoms with Crippen molar-refractivity contribution in [2.75, 3.05) is 32.2 Å². The van der Waals surface area contributed by atoms with Gasteiger partial charge in [0.05, 0.1) is 23.4 Å². The summed E-state index contributed by atoms with van der Waals surface area (Å²) in [6.45, 7) is 1.79. The second kappa shape index (κ2) is 5.04. The molecular formula is C9H12IN3O2. The summed E-state index contributed by atoms with van der Waals surface area (Å²) in [5, 5.41) is 3.02. The topological polar surface area (TPSA) is 56.3 Å². The van der Waals surface area contributed by atoms with E-state index in [1.807, 2.05) is 7.05 Å². The molecule has 0 amide bonds. The standard InChI is InChI=1S/C9H12IN3O2/c1-11-8-6(10)4-12-9(13-8)7-5-14-2-3-15-7/h4,7H,2-3,5H2,1H3,(H,11,12,13). The van der Waals surface area contributed by atoms with Crippen LogP contribution in [-0.4, -0.2) is 36.8 Å². The van der Waals surface area contributed by atoms with Gasteiger partial charge in [0.2, 0.25) is 0 Å². The molecule has 0 aromatic carbocycles. The zero-order valence-electron chi connectivity index (χ0n) is 8.36. The molecule has 1 atom stereocenters. The summed E-state index contributed by atoms with van der Waals surface area (Å²) in [5.74, 6) is 1.51. The molecule has 2 rings (SSSR count). The fourth-order valence-corrected chi connectivity index (χ4v) is 1.88. The molecule has 1 aromatic rings. The molecule has 2 heterocycles. The highest BCUT2D eigenvalue weighted by Gasteiger charge is 2.20. The summed E-state index contributed by atoms with van der Waals surface area (Å²) < 4.78 is 11.8. The average molecular weight is 321 g/mol. The number of anilines is 1. The van der Waals surface area contributed by atoms with Gasteiger partial charge < -0.3 is 14.8 Å². The van der Waals surface area contributed by atoms with E-state index in [0.29, 0.717) is 25.6 Å². The Morgan fingerprint density at radius 1 is 1.53 bits per heavy atom. The molecule has 1 saturated heterocycles. The highest BCUT2D eigenvalue weighted by molar-refractivity contribution is 14.1. The molecule has 0 radical (unpaired) electrons. The second-order valence-electron chi connectivity index (χ2n) is 3.11. The molecule has 0 aliphatic carbocycles. The largest absolute Gasteiger partial charge is 0.376 e. The number of halogens is 1. The number of nitrogens with one attached hydrogen (secondary N) is 1. The Hall–Kier alpha value is -0.470. The van der Waals surface area contributed by atoms with E-state index in [1.165, 1.54) is 0 Å². The van der Waals surface area contributed by atoms with Crippen molar-refractivity contribution in [3.05, 3.63) is 15.6 Å². The Morgan fingerprint density at radius 2 is 2.40 bits per heavy atom. The summed E-state index contributed by atoms with van der Waals surface area (Å²) in [6.07, 6.45) is 1.65. The number of aromatic nitrogens is 2. The van der Waals surface area contributed by atoms with Crippen molar-refractivity contribution < 1.29 is 9.47 Å². The highest BCUT2D eigenvalue weighted by Crippen LogP contribution is 2.20. The van der Waals surface area contributed by atoms with E-state index in [1.54, 1.807) is 6.20 Å². The minimum Gasteiger partial charge on any atom is -0.376 e. The molecule has 6 heteroatoms. The zero-order valence-corrected chi connectivity index (χ0v) is 10.5. The highest BCUT2D eigenvalue weighted by atomic mass is 127. The molecule has 5 nitrogen and oxygen atoms in total. The van der Waals surface area contributed by atoms with Crippen molar-refractivity contribution in [1.82, 2.24) is 9.97 Å². The molecule has 0 bridgehead atoms. The third kappa shape index (κ3) is 2.56. The molecule has 82 valence electrons. The van der Waals surface area contributed by atoms with Gasteiger partial charge in [-0.2, -0.15) is 0 Å². The lowest BCUT2D eigenvalue weighted by Gasteiger charge is -2.21. The summed E-state index contributed by atoms with van der Waals surface area (Å²) in [7, 11) is 1.84. The van der Waals surface area contributed by atoms with E-state index in [0.717, 1.165) is 9.39 Å². The van der Waals surface area contributed by atoms with Gasteiger partial charge in [0.15, 0.2) is 5.82 Å². The smallest absolute Gasteiger partial charge is 0.161 e. The zero-order chi connectivity index (χ0) is 10.7. The number of ether oxygens (including phenoxy) is 2. The molecule has 1 unspecified atom stereocenters. The second-order valence-corrected chi connectivity index (χ2v) is 4.27. The molecule has 1 aliphatic heterocycles. The Morgan fingerprint density at radius 3 is 3.07 bits per heavy atom. The molecule has 1 N–H and O–H groups in total. The first-order valence-electron chi connectivity index (χ1n) is 4.71. The number of hydrogen-bond acceptors (Lipinski definition) is 5. The molecule has 1 aromatic heterocycles. The van der Waals surface area contributed by atoms with E-state index >= 15 is 0 Å². The van der Waals surface area contributed by atoms with E-state index in [4.69, 9.17) is 9.47 Å². The van der Waals surface area contributed by atoms with E-state index in [2.05, 4.69) is 37.9 Å². The van der Waals surface area contributed by atoms with Crippen LogP contribution in [0, 0.1) is 3.57 Å². The maximum atomic E-state index is 5.52. The van der Waals surface area contributed by atoms with Gasteiger partial charge in [0.25, 0.3) is 0 Å². The predicted octanol–water partition coefficient (Wildman–Crippen LogP) is 1.21. The normalized spacial score (nSPS) is 21.3. The van der Waals surface area contributed by atoms with E-state index < -0.39 is 0 Å². The Kier molecular flexibility index (Phi) is 3.71. The lowest BCUT2D eigenvalue weighted by atomic mass is 10.3. The Labute approximate surface area is 102 Å². The van der Waals surface area contributed by atoms with Crippen LogP contribution in [0.15, 0.2) is 6.20 Å². The van der Waals surface area contributed by atoms with Crippen molar-refractivity contribution in [1.29, 1.82) is 0 Å². The van der Waals surface area contributed by atoms with Crippen LogP contribution in [0.25, 0.3) is 0 Å². The molecule has 0 spiro atoms. The molecule has 1 aliphatic rings. The summed E-state index contributed by atoms with van der Waals surface area (Å²) in [4.78, 5) is 8.63. The average Bonchev–Trinajstić information content (AvgIpc) is 2.31. The minimum atomic E-state index is -0.136. The van der Waals surface area contributed by atoms with Gasteiger partial charge in [-0.05, 0) is 22.6 Å². The van der Waals surface area contributed by atoms with Crippen LogP contribution < -0.4 is 5.32 Å². The van der Waals surface area contributed by atoms with Crippen LogP contribution >= 0.6 is 22.6 Å². The summed E-state index contributed by atoms with van der Waals surface area (Å²) >= 11 is 2.19. The van der Waals surface area contributed by atoms with Crippen LogP contribution in [0.2, 0.25) is 0 Å². The fraction of sp³-hybridized carbons (Fsp3) is 0.556. The number of hydrogen-bond donors (Lipinski definition) is 1. The van der Waals surface area contributed by atoms with Gasteiger partial charge in [-0.3, -0.25) is 0 Å². The van der Waals surface area contributed by atoms with Crippen molar-refractivity contribution in [3.63, 3.8) is 0 Å². The Bertz CT molecular complexity index is 342. The number of rotatable bonds is 2. The van der Waals surface area contributed by atoms with Gasteiger partial charge >= 0.3 is 0 Å². The first kappa shape index (κ1) is 11.0. The maximum absolute atomic E-state index is 5.52. The van der Waals surface area contributed by atoms with Crippen molar-refractivity contribution in [2.45, 2.75) is 6.10 Å². The van der Waals surface area contributed by atoms with Crippen molar-refractivity contribution in [3.8, 4) is 0 Å². The monoisotopic (exact) mass is 321 g/mol. The maximum Gasteiger partial charge on any atom is 0.161 e. The van der Waals surface area contributed by atoms with E-state index in [-0.39, 0.29) is 6.10 Å². The third-order valence-corrected chi connectivity index (χ3v) is 2.89. The SMILES string of the molecule is CNc1nc(C2COCCO2)ncc1I. The van der Waals surface area contributed by atoms with Crippen molar-refractivity contribution >= 4 is 28.4 Å². The van der Waals surface area contributed by atoms with Crippen LogP contribution in [0.5, 0.6) is 0 Å². The van der Waals surface area contributed by atoms with Crippen molar-refractivity contribution in [2.24, 2.45) is 0 Å². The van der Waals surface area contributed by atoms with Gasteiger partial charge in [0.1, 0.15) is 11.9 Å². The first-order chi connectivity index (χ1) is 7.31. The Balaban J connectivity index is 2.20. The van der Waals surface area contributed by atoms with Gasteiger partial charge in [-0.25, -0.2) is 9.97 Å². The first-order valence-corrected chi connectivity index (χ1v) is 5.78. The molecular weight excluding hydrogens is 309 g/mol. The van der Waals surface area contributed by atoms with E-state index in [9.17, 15) is 0 Å². The lowest BCUT2D eigenvalue weighted by molar-refractivity contribution is -0.0934. The van der Waals surface area contributed by atoms with Crippen LogP contribution in [-0.2, 0) is 9.47 Å². The third-order valence-electron chi connectivity index (χ3n) is 2.10. The lowest BCUT2D eigenvalue weighted by Crippen LogP contribution is -2.24. The van der Waals surface area contributed by atoms with Gasteiger partial charge in [0, 0.05) is 13.2 Å². The minimum absolute atomic E-state index is 0.136. The number of nitrogens with zero attached hydrogens (tertiary/aromatic N) is 2. The quantitative estimate of drug-likeness (QED) is 0.830. The van der Waals surface area contributed by atoms with Crippen LogP contribution in [0.4, 0.5) is 5.82 Å². The predicted molar refractivity (Wildman–Crippen MR) is 63.8 cm³/mol. The van der Waals surface area contributed by atoms with Crippen LogP contribution in [0.3, 0.4) is 0 Å². The fourth-order valence-electron chi connectivity index (χ4n) is 1.35.